The van der Waals surface area contributed by atoms with Gasteiger partial charge in [-0.1, -0.05) is 60.7 Å². The monoisotopic (exact) mass is 240 g/mol. The zero-order valence-corrected chi connectivity index (χ0v) is 10.5. The van der Waals surface area contributed by atoms with Gasteiger partial charge >= 0.3 is 0 Å². The number of nitrogens with two attached hydrogens (primary N) is 1. The Balaban J connectivity index is 1.85. The van der Waals surface area contributed by atoms with Crippen molar-refractivity contribution in [1.82, 2.24) is 5.32 Å². The Labute approximate surface area is 109 Å². The average Bonchev–Trinajstić information content (AvgIpc) is 2.46. The van der Waals surface area contributed by atoms with E-state index in [1.54, 1.807) is 0 Å². The maximum Gasteiger partial charge on any atom is 0.0444 e. The molecule has 1 atom stereocenters. The summed E-state index contributed by atoms with van der Waals surface area (Å²) in [4.78, 5) is 0. The molecule has 2 rings (SSSR count). The first kappa shape index (κ1) is 12.8. The van der Waals surface area contributed by atoms with Crippen molar-refractivity contribution < 1.29 is 0 Å². The van der Waals surface area contributed by atoms with Gasteiger partial charge in [0.2, 0.25) is 0 Å². The van der Waals surface area contributed by atoms with E-state index < -0.39 is 0 Å². The fourth-order valence-corrected chi connectivity index (χ4v) is 2.06. The summed E-state index contributed by atoms with van der Waals surface area (Å²) in [7, 11) is 0. The first-order valence-electron chi connectivity index (χ1n) is 6.42. The van der Waals surface area contributed by atoms with Crippen LogP contribution >= 0.6 is 0 Å². The molecule has 2 aromatic carbocycles. The lowest BCUT2D eigenvalue weighted by molar-refractivity contribution is 0.545. The normalized spacial score (nSPS) is 12.3. The maximum absolute atomic E-state index is 5.82. The van der Waals surface area contributed by atoms with E-state index >= 15 is 0 Å². The third-order valence-corrected chi connectivity index (χ3v) is 3.08. The Kier molecular flexibility index (Phi) is 4.94. The number of hydrogen-bond acceptors (Lipinski definition) is 2. The van der Waals surface area contributed by atoms with Crippen LogP contribution in [0.15, 0.2) is 60.7 Å². The smallest absolute Gasteiger partial charge is 0.0444 e. The Hall–Kier alpha value is -1.64. The van der Waals surface area contributed by atoms with Crippen LogP contribution in [0.5, 0.6) is 0 Å². The van der Waals surface area contributed by atoms with Gasteiger partial charge in [0.05, 0.1) is 0 Å². The van der Waals surface area contributed by atoms with Crippen LogP contribution in [0.25, 0.3) is 0 Å². The van der Waals surface area contributed by atoms with Gasteiger partial charge in [-0.15, -0.1) is 0 Å². The van der Waals surface area contributed by atoms with E-state index in [2.05, 4.69) is 53.8 Å². The fraction of sp³-hybridized carbons (Fsp3) is 0.250. The first-order chi connectivity index (χ1) is 8.90. The predicted octanol–water partition coefficient (Wildman–Crippen LogP) is 2.52. The highest BCUT2D eigenvalue weighted by Gasteiger charge is 2.07. The summed E-state index contributed by atoms with van der Waals surface area (Å²) >= 11 is 0. The summed E-state index contributed by atoms with van der Waals surface area (Å²) in [6.45, 7) is 1.57. The molecule has 18 heavy (non-hydrogen) atoms. The van der Waals surface area contributed by atoms with Gasteiger partial charge in [-0.05, 0) is 24.1 Å². The molecule has 1 unspecified atom stereocenters. The molecule has 2 heteroatoms. The van der Waals surface area contributed by atoms with Crippen LogP contribution in [-0.2, 0) is 6.42 Å². The van der Waals surface area contributed by atoms with Crippen LogP contribution in [0, 0.1) is 0 Å². The number of hydrogen-bond donors (Lipinski definition) is 2. The van der Waals surface area contributed by atoms with Crippen molar-refractivity contribution in [3.63, 3.8) is 0 Å². The SMILES string of the molecule is NCC(NCCc1ccccc1)c1ccccc1. The molecule has 0 saturated heterocycles. The molecule has 0 aliphatic carbocycles. The lowest BCUT2D eigenvalue weighted by Gasteiger charge is -2.17. The topological polar surface area (TPSA) is 38.0 Å². The molecule has 0 aliphatic rings. The van der Waals surface area contributed by atoms with Crippen LogP contribution in [0.2, 0.25) is 0 Å². The van der Waals surface area contributed by atoms with Gasteiger partial charge in [0, 0.05) is 12.6 Å². The van der Waals surface area contributed by atoms with Gasteiger partial charge in [0.15, 0.2) is 0 Å². The lowest BCUT2D eigenvalue weighted by atomic mass is 10.1. The van der Waals surface area contributed by atoms with E-state index in [-0.39, 0.29) is 6.04 Å². The van der Waals surface area contributed by atoms with E-state index in [1.807, 2.05) is 12.1 Å². The second kappa shape index (κ2) is 6.94. The van der Waals surface area contributed by atoms with Crippen LogP contribution in [0.1, 0.15) is 17.2 Å². The molecule has 0 amide bonds. The van der Waals surface area contributed by atoms with Crippen LogP contribution in [0.3, 0.4) is 0 Å². The van der Waals surface area contributed by atoms with Crippen LogP contribution < -0.4 is 11.1 Å². The second-order valence-corrected chi connectivity index (χ2v) is 4.39. The van der Waals surface area contributed by atoms with Gasteiger partial charge in [-0.25, -0.2) is 0 Å². The van der Waals surface area contributed by atoms with Crippen molar-refractivity contribution in [3.8, 4) is 0 Å². The van der Waals surface area contributed by atoms with Crippen molar-refractivity contribution in [1.29, 1.82) is 0 Å². The predicted molar refractivity (Wildman–Crippen MR) is 76.4 cm³/mol. The molecule has 0 aliphatic heterocycles. The summed E-state index contributed by atoms with van der Waals surface area (Å²) in [5.74, 6) is 0. The summed E-state index contributed by atoms with van der Waals surface area (Å²) in [5.41, 5.74) is 8.43. The van der Waals surface area contributed by atoms with E-state index in [9.17, 15) is 0 Å². The van der Waals surface area contributed by atoms with Gasteiger partial charge in [0.25, 0.3) is 0 Å². The summed E-state index contributed by atoms with van der Waals surface area (Å²) in [6.07, 6.45) is 1.03. The average molecular weight is 240 g/mol. The molecule has 94 valence electrons. The van der Waals surface area contributed by atoms with E-state index in [0.29, 0.717) is 6.54 Å². The van der Waals surface area contributed by atoms with Crippen molar-refractivity contribution in [2.45, 2.75) is 12.5 Å². The van der Waals surface area contributed by atoms with Crippen molar-refractivity contribution in [3.05, 3.63) is 71.8 Å². The van der Waals surface area contributed by atoms with Crippen molar-refractivity contribution >= 4 is 0 Å². The van der Waals surface area contributed by atoms with Gasteiger partial charge < -0.3 is 11.1 Å². The van der Waals surface area contributed by atoms with Gasteiger partial charge in [0.1, 0.15) is 0 Å². The van der Waals surface area contributed by atoms with E-state index in [0.717, 1.165) is 13.0 Å². The second-order valence-electron chi connectivity index (χ2n) is 4.39. The number of rotatable bonds is 6. The molecule has 0 fully saturated rings. The third kappa shape index (κ3) is 3.69. The number of benzene rings is 2. The number of nitrogens with one attached hydrogen (secondary N) is 1. The largest absolute Gasteiger partial charge is 0.329 e. The molecule has 0 heterocycles. The van der Waals surface area contributed by atoms with Crippen molar-refractivity contribution in [2.24, 2.45) is 5.73 Å². The van der Waals surface area contributed by atoms with Crippen molar-refractivity contribution in [2.75, 3.05) is 13.1 Å². The highest BCUT2D eigenvalue weighted by Crippen LogP contribution is 2.10. The standard InChI is InChI=1S/C16H20N2/c17-13-16(15-9-5-2-6-10-15)18-12-11-14-7-3-1-4-8-14/h1-10,16,18H,11-13,17H2. The first-order valence-corrected chi connectivity index (χ1v) is 6.42. The molecular weight excluding hydrogens is 220 g/mol. The van der Waals surface area contributed by atoms with Crippen LogP contribution in [-0.4, -0.2) is 13.1 Å². The fourth-order valence-electron chi connectivity index (χ4n) is 2.06. The molecule has 0 aromatic heterocycles. The van der Waals surface area contributed by atoms with Gasteiger partial charge in [-0.3, -0.25) is 0 Å². The Morgan fingerprint density at radius 1 is 0.889 bits per heavy atom. The molecular formula is C16H20N2. The minimum atomic E-state index is 0.245. The molecule has 2 nitrogen and oxygen atoms in total. The summed E-state index contributed by atoms with van der Waals surface area (Å²) in [6, 6.07) is 21.1. The van der Waals surface area contributed by atoms with E-state index in [1.165, 1.54) is 11.1 Å². The Morgan fingerprint density at radius 2 is 1.50 bits per heavy atom. The molecule has 0 spiro atoms. The highest BCUT2D eigenvalue weighted by atomic mass is 14.9. The molecule has 2 aromatic rings. The minimum Gasteiger partial charge on any atom is -0.329 e. The zero-order valence-electron chi connectivity index (χ0n) is 10.5. The van der Waals surface area contributed by atoms with E-state index in [4.69, 9.17) is 5.73 Å². The third-order valence-electron chi connectivity index (χ3n) is 3.08. The molecule has 3 N–H and O–H groups in total. The quantitative estimate of drug-likeness (QED) is 0.814. The maximum atomic E-state index is 5.82. The molecule has 0 saturated carbocycles. The Bertz CT molecular complexity index is 439. The lowest BCUT2D eigenvalue weighted by Crippen LogP contribution is -2.29. The Morgan fingerprint density at radius 3 is 2.11 bits per heavy atom. The molecule has 0 bridgehead atoms. The minimum absolute atomic E-state index is 0.245. The highest BCUT2D eigenvalue weighted by molar-refractivity contribution is 5.19. The van der Waals surface area contributed by atoms with Gasteiger partial charge in [-0.2, -0.15) is 0 Å². The zero-order chi connectivity index (χ0) is 12.6. The van der Waals surface area contributed by atoms with Crippen LogP contribution in [0.4, 0.5) is 0 Å². The molecule has 0 radical (unpaired) electrons. The summed E-state index contributed by atoms with van der Waals surface area (Å²) in [5, 5.41) is 3.51. The summed E-state index contributed by atoms with van der Waals surface area (Å²) < 4.78 is 0.